The number of hydrogen-bond acceptors (Lipinski definition) is 6. The lowest BCUT2D eigenvalue weighted by atomic mass is 10.3. The highest BCUT2D eigenvalue weighted by Gasteiger charge is 2.22. The molecule has 7 heteroatoms. The molecule has 0 unspecified atom stereocenters. The molecule has 0 bridgehead atoms. The highest BCUT2D eigenvalue weighted by Crippen LogP contribution is 2.30. The predicted molar refractivity (Wildman–Crippen MR) is 64.9 cm³/mol. The SMILES string of the molecule is CC(=O)c1sc(-c2nc(C)cs2)nc1C(=O)O. The van der Waals surface area contributed by atoms with Crippen LogP contribution >= 0.6 is 22.7 Å². The van der Waals surface area contributed by atoms with Crippen LogP contribution in [-0.2, 0) is 0 Å². The number of rotatable bonds is 3. The van der Waals surface area contributed by atoms with Crippen molar-refractivity contribution in [3.63, 3.8) is 0 Å². The van der Waals surface area contributed by atoms with E-state index >= 15 is 0 Å². The van der Waals surface area contributed by atoms with Gasteiger partial charge in [-0.05, 0) is 6.92 Å². The fraction of sp³-hybridized carbons (Fsp3) is 0.200. The van der Waals surface area contributed by atoms with E-state index in [1.54, 1.807) is 0 Å². The van der Waals surface area contributed by atoms with Gasteiger partial charge in [-0.25, -0.2) is 14.8 Å². The number of aromatic carboxylic acids is 1. The molecule has 17 heavy (non-hydrogen) atoms. The van der Waals surface area contributed by atoms with Crippen molar-refractivity contribution >= 4 is 34.4 Å². The number of ketones is 1. The fourth-order valence-electron chi connectivity index (χ4n) is 1.25. The van der Waals surface area contributed by atoms with Crippen molar-refractivity contribution < 1.29 is 14.7 Å². The first-order valence-corrected chi connectivity index (χ1v) is 6.36. The van der Waals surface area contributed by atoms with Gasteiger partial charge in [0.1, 0.15) is 4.88 Å². The zero-order chi connectivity index (χ0) is 12.6. The van der Waals surface area contributed by atoms with Crippen molar-refractivity contribution in [1.29, 1.82) is 0 Å². The summed E-state index contributed by atoms with van der Waals surface area (Å²) in [6.07, 6.45) is 0. The van der Waals surface area contributed by atoms with Gasteiger partial charge in [-0.3, -0.25) is 4.79 Å². The van der Waals surface area contributed by atoms with E-state index in [0.717, 1.165) is 17.0 Å². The van der Waals surface area contributed by atoms with Crippen LogP contribution in [0.1, 0.15) is 32.8 Å². The summed E-state index contributed by atoms with van der Waals surface area (Å²) >= 11 is 2.45. The molecule has 5 nitrogen and oxygen atoms in total. The maximum absolute atomic E-state index is 11.3. The number of nitrogens with zero attached hydrogens (tertiary/aromatic N) is 2. The Kier molecular flexibility index (Phi) is 3.03. The van der Waals surface area contributed by atoms with E-state index in [1.807, 2.05) is 12.3 Å². The second-order valence-corrected chi connectivity index (χ2v) is 5.21. The molecule has 0 saturated heterocycles. The van der Waals surface area contributed by atoms with E-state index in [-0.39, 0.29) is 16.4 Å². The predicted octanol–water partition coefficient (Wildman–Crippen LogP) is 2.48. The first-order valence-electron chi connectivity index (χ1n) is 4.66. The van der Waals surface area contributed by atoms with Gasteiger partial charge >= 0.3 is 5.97 Å². The average molecular weight is 268 g/mol. The fourth-order valence-corrected chi connectivity index (χ4v) is 3.03. The smallest absolute Gasteiger partial charge is 0.356 e. The minimum absolute atomic E-state index is 0.167. The quantitative estimate of drug-likeness (QED) is 0.865. The van der Waals surface area contributed by atoms with Gasteiger partial charge in [0.05, 0.1) is 0 Å². The number of Topliss-reactive ketones (excluding diaryl/α,β-unsaturated/α-hetero) is 1. The van der Waals surface area contributed by atoms with Crippen LogP contribution < -0.4 is 0 Å². The Balaban J connectivity index is 2.54. The standard InChI is InChI=1S/C10H8N2O3S2/c1-4-3-16-8(11-4)9-12-6(10(14)15)7(17-9)5(2)13/h3H,1-2H3,(H,14,15). The summed E-state index contributed by atoms with van der Waals surface area (Å²) in [4.78, 5) is 30.6. The number of carbonyl (C=O) groups excluding carboxylic acids is 1. The number of carboxylic acid groups (broad SMARTS) is 1. The Bertz CT molecular complexity index is 569. The van der Waals surface area contributed by atoms with E-state index in [9.17, 15) is 9.59 Å². The lowest BCUT2D eigenvalue weighted by molar-refractivity contribution is 0.0687. The van der Waals surface area contributed by atoms with Gasteiger partial charge in [0, 0.05) is 18.0 Å². The minimum Gasteiger partial charge on any atom is -0.476 e. The molecule has 88 valence electrons. The largest absolute Gasteiger partial charge is 0.476 e. The van der Waals surface area contributed by atoms with Gasteiger partial charge in [0.15, 0.2) is 21.5 Å². The summed E-state index contributed by atoms with van der Waals surface area (Å²) < 4.78 is 0. The molecule has 0 aliphatic rings. The van der Waals surface area contributed by atoms with Gasteiger partial charge in [0.25, 0.3) is 0 Å². The van der Waals surface area contributed by atoms with Gasteiger partial charge in [0.2, 0.25) is 0 Å². The van der Waals surface area contributed by atoms with Gasteiger partial charge in [-0.2, -0.15) is 0 Å². The number of carbonyl (C=O) groups is 2. The number of aryl methyl sites for hydroxylation is 1. The molecule has 2 aromatic rings. The third-order valence-electron chi connectivity index (χ3n) is 1.95. The van der Waals surface area contributed by atoms with Crippen LogP contribution in [-0.4, -0.2) is 26.8 Å². The van der Waals surface area contributed by atoms with Crippen molar-refractivity contribution in [2.24, 2.45) is 0 Å². The summed E-state index contributed by atoms with van der Waals surface area (Å²) in [5, 5.41) is 11.9. The molecule has 2 rings (SSSR count). The molecule has 0 spiro atoms. The lowest BCUT2D eigenvalue weighted by Crippen LogP contribution is -2.03. The van der Waals surface area contributed by atoms with Crippen molar-refractivity contribution in [1.82, 2.24) is 9.97 Å². The number of thiazole rings is 2. The van der Waals surface area contributed by atoms with Crippen molar-refractivity contribution in [2.45, 2.75) is 13.8 Å². The molecule has 2 heterocycles. The third-order valence-corrected chi connectivity index (χ3v) is 4.21. The summed E-state index contributed by atoms with van der Waals surface area (Å²) in [7, 11) is 0. The number of carboxylic acids is 1. The van der Waals surface area contributed by atoms with E-state index < -0.39 is 5.97 Å². The molecule has 0 atom stereocenters. The highest BCUT2D eigenvalue weighted by atomic mass is 32.1. The molecular weight excluding hydrogens is 260 g/mol. The van der Waals surface area contributed by atoms with Crippen LogP contribution in [0.5, 0.6) is 0 Å². The summed E-state index contributed by atoms with van der Waals surface area (Å²) in [6, 6.07) is 0. The maximum Gasteiger partial charge on any atom is 0.356 e. The van der Waals surface area contributed by atoms with Crippen LogP contribution in [0, 0.1) is 6.92 Å². The van der Waals surface area contributed by atoms with E-state index in [0.29, 0.717) is 10.0 Å². The monoisotopic (exact) mass is 268 g/mol. The van der Waals surface area contributed by atoms with Crippen LogP contribution in [0.15, 0.2) is 5.38 Å². The van der Waals surface area contributed by atoms with Crippen molar-refractivity contribution in [2.75, 3.05) is 0 Å². The molecule has 0 radical (unpaired) electrons. The van der Waals surface area contributed by atoms with Crippen LogP contribution in [0.4, 0.5) is 0 Å². The normalized spacial score (nSPS) is 10.5. The molecule has 2 aromatic heterocycles. The van der Waals surface area contributed by atoms with Crippen molar-refractivity contribution in [3.8, 4) is 10.0 Å². The molecular formula is C10H8N2O3S2. The Labute approximate surface area is 105 Å². The van der Waals surface area contributed by atoms with Gasteiger partial charge < -0.3 is 5.11 Å². The molecule has 0 aliphatic heterocycles. The topological polar surface area (TPSA) is 80.2 Å². The van der Waals surface area contributed by atoms with Gasteiger partial charge in [-0.15, -0.1) is 22.7 Å². The highest BCUT2D eigenvalue weighted by molar-refractivity contribution is 7.22. The van der Waals surface area contributed by atoms with Gasteiger partial charge in [-0.1, -0.05) is 0 Å². The zero-order valence-electron chi connectivity index (χ0n) is 9.05. The molecule has 1 N–H and O–H groups in total. The minimum atomic E-state index is -1.19. The van der Waals surface area contributed by atoms with Crippen LogP contribution in [0.25, 0.3) is 10.0 Å². The van der Waals surface area contributed by atoms with Crippen molar-refractivity contribution in [3.05, 3.63) is 21.6 Å². The Morgan fingerprint density at radius 2 is 2.00 bits per heavy atom. The molecule has 0 amide bonds. The second kappa shape index (κ2) is 4.34. The van der Waals surface area contributed by atoms with Crippen LogP contribution in [0.2, 0.25) is 0 Å². The van der Waals surface area contributed by atoms with Crippen LogP contribution in [0.3, 0.4) is 0 Å². The third kappa shape index (κ3) is 2.25. The molecule has 0 saturated carbocycles. The van der Waals surface area contributed by atoms with E-state index in [1.165, 1.54) is 18.3 Å². The summed E-state index contributed by atoms with van der Waals surface area (Å²) in [6.45, 7) is 3.18. The summed E-state index contributed by atoms with van der Waals surface area (Å²) in [5.74, 6) is -1.48. The first kappa shape index (κ1) is 11.9. The number of hydrogen-bond donors (Lipinski definition) is 1. The Hall–Kier alpha value is -1.60. The molecule has 0 fully saturated rings. The summed E-state index contributed by atoms with van der Waals surface area (Å²) in [5.41, 5.74) is 0.659. The Morgan fingerprint density at radius 3 is 2.41 bits per heavy atom. The lowest BCUT2D eigenvalue weighted by Gasteiger charge is -1.89. The van der Waals surface area contributed by atoms with E-state index in [4.69, 9.17) is 5.11 Å². The molecule has 0 aromatic carbocycles. The maximum atomic E-state index is 11.3. The van der Waals surface area contributed by atoms with E-state index in [2.05, 4.69) is 9.97 Å². The zero-order valence-corrected chi connectivity index (χ0v) is 10.7. The average Bonchev–Trinajstić information content (AvgIpc) is 2.82. The molecule has 0 aliphatic carbocycles. The number of aromatic nitrogens is 2. The first-order chi connectivity index (χ1) is 7.99. The second-order valence-electron chi connectivity index (χ2n) is 3.35. The Morgan fingerprint density at radius 1 is 1.29 bits per heavy atom.